The molecule has 2 heterocycles. The van der Waals surface area contributed by atoms with Gasteiger partial charge in [0.25, 0.3) is 5.56 Å². The summed E-state index contributed by atoms with van der Waals surface area (Å²) >= 11 is 0. The van der Waals surface area contributed by atoms with E-state index in [1.807, 2.05) is 4.90 Å². The van der Waals surface area contributed by atoms with E-state index in [1.54, 1.807) is 0 Å². The topological polar surface area (TPSA) is 128 Å². The predicted molar refractivity (Wildman–Crippen MR) is 74.5 cm³/mol. The van der Waals surface area contributed by atoms with Crippen molar-refractivity contribution in [3.63, 3.8) is 0 Å². The van der Waals surface area contributed by atoms with Crippen LogP contribution in [0.2, 0.25) is 0 Å². The van der Waals surface area contributed by atoms with Gasteiger partial charge in [0, 0.05) is 25.7 Å². The molecule has 0 saturated heterocycles. The first kappa shape index (κ1) is 16.3. The summed E-state index contributed by atoms with van der Waals surface area (Å²) in [5.74, 6) is 0.438. The fraction of sp³-hybridized carbons (Fsp3) is 0.600. The van der Waals surface area contributed by atoms with Crippen LogP contribution in [0.25, 0.3) is 0 Å². The summed E-state index contributed by atoms with van der Waals surface area (Å²) in [5, 5.41) is 20.9. The van der Waals surface area contributed by atoms with Crippen molar-refractivity contribution >= 4 is 47.0 Å². The van der Waals surface area contributed by atoms with Crippen molar-refractivity contribution in [2.45, 2.75) is 6.42 Å². The molecule has 0 unspecified atom stereocenters. The van der Waals surface area contributed by atoms with Gasteiger partial charge in [0.05, 0.1) is 6.67 Å². The molecule has 0 fully saturated rings. The van der Waals surface area contributed by atoms with Gasteiger partial charge in [-0.05, 0) is 6.42 Å². The van der Waals surface area contributed by atoms with Gasteiger partial charge in [-0.25, -0.2) is 0 Å². The van der Waals surface area contributed by atoms with Crippen LogP contribution < -0.4 is 21.5 Å². The first-order valence-electron chi connectivity index (χ1n) is 5.76. The van der Waals surface area contributed by atoms with Crippen LogP contribution in [0.4, 0.5) is 17.5 Å². The number of H-pyrrole nitrogens is 1. The summed E-state index contributed by atoms with van der Waals surface area (Å²) < 4.78 is 0. The van der Waals surface area contributed by atoms with E-state index in [-0.39, 0.29) is 60.2 Å². The number of hydrogen-bond donors (Lipinski definition) is 5. The summed E-state index contributed by atoms with van der Waals surface area (Å²) in [5.41, 5.74) is 5.62. The number of nitrogens with two attached hydrogens (primary N) is 1. The second-order valence-corrected chi connectivity index (χ2v) is 4.27. The Labute approximate surface area is 132 Å². The van der Waals surface area contributed by atoms with Crippen molar-refractivity contribution in [3.8, 4) is 0 Å². The zero-order valence-electron chi connectivity index (χ0n) is 9.89. The standard InChI is InChI=1S/C10H17N5O3.Na.H/c11-10-13-8-7(9(18)14-10)12-5-15(8)2-1-6(3-16)4-17;;/h6,12,16-17H,1-5H2,(H3,11,13,14,18);;. The maximum absolute atomic E-state index is 11.6. The van der Waals surface area contributed by atoms with Crippen molar-refractivity contribution in [1.82, 2.24) is 9.97 Å². The van der Waals surface area contributed by atoms with E-state index in [4.69, 9.17) is 15.9 Å². The van der Waals surface area contributed by atoms with Gasteiger partial charge >= 0.3 is 29.6 Å². The van der Waals surface area contributed by atoms with Gasteiger partial charge in [-0.2, -0.15) is 4.98 Å². The molecule has 0 spiro atoms. The van der Waals surface area contributed by atoms with Crippen LogP contribution >= 0.6 is 0 Å². The number of rotatable bonds is 5. The number of aliphatic hydroxyl groups is 2. The summed E-state index contributed by atoms with van der Waals surface area (Å²) in [6, 6.07) is 0. The molecule has 1 aromatic rings. The Morgan fingerprint density at radius 3 is 2.74 bits per heavy atom. The third-order valence-corrected chi connectivity index (χ3v) is 2.99. The number of nitrogens with zero attached hydrogens (tertiary/aromatic N) is 2. The zero-order valence-corrected chi connectivity index (χ0v) is 9.89. The molecule has 0 aromatic carbocycles. The van der Waals surface area contributed by atoms with E-state index < -0.39 is 0 Å². The minimum atomic E-state index is -0.291. The van der Waals surface area contributed by atoms with E-state index in [9.17, 15) is 4.79 Å². The Kier molecular flexibility index (Phi) is 6.08. The molecule has 1 aliphatic heterocycles. The van der Waals surface area contributed by atoms with Crippen LogP contribution in [-0.2, 0) is 0 Å². The molecular formula is C10H18N5NaO3. The Bertz CT molecular complexity index is 477. The molecule has 0 bridgehead atoms. The maximum atomic E-state index is 11.6. The number of nitrogens with one attached hydrogen (secondary N) is 2. The first-order valence-corrected chi connectivity index (χ1v) is 5.76. The molecule has 9 heteroatoms. The number of aromatic amines is 1. The van der Waals surface area contributed by atoms with Crippen LogP contribution in [0.3, 0.4) is 0 Å². The fourth-order valence-corrected chi connectivity index (χ4v) is 1.88. The van der Waals surface area contributed by atoms with E-state index in [2.05, 4.69) is 15.3 Å². The first-order chi connectivity index (χ1) is 8.65. The molecule has 0 aliphatic carbocycles. The van der Waals surface area contributed by atoms with Crippen molar-refractivity contribution in [3.05, 3.63) is 10.4 Å². The molecule has 19 heavy (non-hydrogen) atoms. The number of aromatic nitrogens is 2. The quantitative estimate of drug-likeness (QED) is 0.390. The fourth-order valence-electron chi connectivity index (χ4n) is 1.88. The Morgan fingerprint density at radius 1 is 1.42 bits per heavy atom. The van der Waals surface area contributed by atoms with E-state index in [0.717, 1.165) is 0 Å². The Hall–Kier alpha value is -0.800. The van der Waals surface area contributed by atoms with E-state index >= 15 is 0 Å². The predicted octanol–water partition coefficient (Wildman–Crippen LogP) is -2.12. The molecule has 8 nitrogen and oxygen atoms in total. The number of aliphatic hydroxyl groups excluding tert-OH is 2. The minimum absolute atomic E-state index is 0. The molecule has 0 saturated carbocycles. The normalized spacial score (nSPS) is 13.1. The van der Waals surface area contributed by atoms with E-state index in [1.165, 1.54) is 0 Å². The van der Waals surface area contributed by atoms with Crippen molar-refractivity contribution in [2.24, 2.45) is 5.92 Å². The average Bonchev–Trinajstić information content (AvgIpc) is 2.74. The Balaban J connectivity index is 0.00000180. The van der Waals surface area contributed by atoms with Gasteiger partial charge in [0.1, 0.15) is 5.69 Å². The number of hydrogen-bond acceptors (Lipinski definition) is 7. The molecular weight excluding hydrogens is 261 g/mol. The van der Waals surface area contributed by atoms with Gasteiger partial charge < -0.3 is 26.2 Å². The third-order valence-electron chi connectivity index (χ3n) is 2.99. The molecule has 1 aromatic heterocycles. The van der Waals surface area contributed by atoms with E-state index in [0.29, 0.717) is 31.1 Å². The summed E-state index contributed by atoms with van der Waals surface area (Å²) in [6.45, 7) is 0.936. The Morgan fingerprint density at radius 2 is 2.11 bits per heavy atom. The summed E-state index contributed by atoms with van der Waals surface area (Å²) in [4.78, 5) is 20.0. The molecule has 6 N–H and O–H groups in total. The third kappa shape index (κ3) is 3.61. The molecule has 2 rings (SSSR count). The number of fused-ring (bicyclic) bond motifs is 1. The van der Waals surface area contributed by atoms with Crippen LogP contribution in [0.1, 0.15) is 6.42 Å². The van der Waals surface area contributed by atoms with Gasteiger partial charge in [-0.15, -0.1) is 0 Å². The van der Waals surface area contributed by atoms with Crippen molar-refractivity contribution in [2.75, 3.05) is 42.4 Å². The average molecular weight is 279 g/mol. The number of anilines is 3. The van der Waals surface area contributed by atoms with Gasteiger partial charge in [-0.3, -0.25) is 9.78 Å². The molecule has 0 amide bonds. The zero-order chi connectivity index (χ0) is 13.1. The van der Waals surface area contributed by atoms with Gasteiger partial charge in [-0.1, -0.05) is 0 Å². The van der Waals surface area contributed by atoms with Crippen LogP contribution in [0, 0.1) is 5.92 Å². The molecule has 1 aliphatic rings. The van der Waals surface area contributed by atoms with Crippen LogP contribution in [-0.4, -0.2) is 76.2 Å². The monoisotopic (exact) mass is 279 g/mol. The van der Waals surface area contributed by atoms with Crippen LogP contribution in [0.5, 0.6) is 0 Å². The van der Waals surface area contributed by atoms with Crippen molar-refractivity contribution < 1.29 is 10.2 Å². The SMILES string of the molecule is Nc1nc2c(c(=O)[nH]1)NCN2CCC(CO)CO.[NaH]. The van der Waals surface area contributed by atoms with Crippen molar-refractivity contribution in [1.29, 1.82) is 0 Å². The van der Waals surface area contributed by atoms with Gasteiger partial charge in [0.15, 0.2) is 5.82 Å². The second-order valence-electron chi connectivity index (χ2n) is 4.27. The molecule has 0 atom stereocenters. The molecule has 102 valence electrons. The molecule has 0 radical (unpaired) electrons. The summed E-state index contributed by atoms with van der Waals surface area (Å²) in [7, 11) is 0. The second kappa shape index (κ2) is 7.11. The summed E-state index contributed by atoms with van der Waals surface area (Å²) in [6.07, 6.45) is 0.614. The van der Waals surface area contributed by atoms with Crippen LogP contribution in [0.15, 0.2) is 4.79 Å². The van der Waals surface area contributed by atoms with Gasteiger partial charge in [0.2, 0.25) is 5.95 Å². The number of nitrogen functional groups attached to an aromatic ring is 1.